The molecule has 1 atom stereocenters. The normalized spacial score (nSPS) is 11.6. The zero-order valence-electron chi connectivity index (χ0n) is 10.1. The molecule has 3 nitrogen and oxygen atoms in total. The number of Topliss-reactive ketones (excluding diaryl/α,β-unsaturated/α-hetero) is 1. The van der Waals surface area contributed by atoms with Gasteiger partial charge in [0.1, 0.15) is 11.7 Å². The lowest BCUT2D eigenvalue weighted by Gasteiger charge is -2.11. The van der Waals surface area contributed by atoms with Crippen LogP contribution in [0.5, 0.6) is 5.75 Å². The van der Waals surface area contributed by atoms with Crippen LogP contribution in [0.25, 0.3) is 0 Å². The first kappa shape index (κ1) is 13.8. The van der Waals surface area contributed by atoms with E-state index in [0.717, 1.165) is 3.79 Å². The Balaban J connectivity index is 2.40. The number of carbonyl (C=O) groups is 1. The number of benzene rings is 1. The molecule has 0 aliphatic rings. The Kier molecular flexibility index (Phi) is 4.35. The Morgan fingerprint density at radius 1 is 1.47 bits per heavy atom. The van der Waals surface area contributed by atoms with Gasteiger partial charge in [-0.15, -0.1) is 11.3 Å². The largest absolute Gasteiger partial charge is 0.496 e. The van der Waals surface area contributed by atoms with Gasteiger partial charge in [-0.05, 0) is 28.1 Å². The van der Waals surface area contributed by atoms with Gasteiger partial charge in [0.2, 0.25) is 0 Å². The molecule has 0 saturated heterocycles. The molecule has 96 valence electrons. The van der Waals surface area contributed by atoms with E-state index in [-0.39, 0.29) is 5.78 Å². The van der Waals surface area contributed by atoms with Gasteiger partial charge in [0, 0.05) is 16.5 Å². The van der Waals surface area contributed by atoms with Crippen LogP contribution >= 0.6 is 27.3 Å². The molecular weight excluding hydrogens is 326 g/mol. The molecule has 1 unspecified atom stereocenters. The topological polar surface area (TPSA) is 50.1 Å². The van der Waals surface area contributed by atoms with Crippen LogP contribution in [0.1, 0.15) is 21.8 Å². The smallest absolute Gasteiger partial charge is 0.185 e. The summed E-state index contributed by atoms with van der Waals surface area (Å²) >= 11 is 4.74. The Bertz CT molecular complexity index is 645. The minimum atomic E-state index is -0.849. The fourth-order valence-corrected chi connectivity index (χ4v) is 2.93. The van der Waals surface area contributed by atoms with Crippen molar-refractivity contribution in [2.75, 3.05) is 7.11 Å². The van der Waals surface area contributed by atoms with Crippen molar-refractivity contribution in [1.82, 2.24) is 0 Å². The average molecular weight is 336 g/mol. The van der Waals surface area contributed by atoms with Gasteiger partial charge in [0.25, 0.3) is 0 Å². The standard InChI is InChI=1S/C14H10BrNO2S/c1-18-12-5-3-2-4-10(12)11(7-16)14(17)9-6-13(15)19-8-9/h2-6,8,11H,1H3. The van der Waals surface area contributed by atoms with Crippen molar-refractivity contribution in [3.8, 4) is 11.8 Å². The second-order valence-corrected chi connectivity index (χ2v) is 6.10. The van der Waals surface area contributed by atoms with Crippen molar-refractivity contribution in [3.63, 3.8) is 0 Å². The molecule has 19 heavy (non-hydrogen) atoms. The van der Waals surface area contributed by atoms with Gasteiger partial charge in [-0.3, -0.25) is 4.79 Å². The lowest BCUT2D eigenvalue weighted by molar-refractivity contribution is 0.0978. The third-order valence-corrected chi connectivity index (χ3v) is 4.20. The van der Waals surface area contributed by atoms with Crippen molar-refractivity contribution in [2.24, 2.45) is 0 Å². The number of thiophene rings is 1. The highest BCUT2D eigenvalue weighted by Gasteiger charge is 2.25. The molecular formula is C14H10BrNO2S. The van der Waals surface area contributed by atoms with E-state index in [1.165, 1.54) is 18.4 Å². The molecule has 2 rings (SSSR count). The maximum atomic E-state index is 12.4. The van der Waals surface area contributed by atoms with E-state index in [9.17, 15) is 10.1 Å². The van der Waals surface area contributed by atoms with Gasteiger partial charge in [-0.25, -0.2) is 0 Å². The number of para-hydroxylation sites is 1. The molecule has 0 N–H and O–H groups in total. The summed E-state index contributed by atoms with van der Waals surface area (Å²) in [5, 5.41) is 11.0. The SMILES string of the molecule is COc1ccccc1C(C#N)C(=O)c1csc(Br)c1. The number of rotatable bonds is 4. The van der Waals surface area contributed by atoms with Gasteiger partial charge in [-0.1, -0.05) is 18.2 Å². The van der Waals surface area contributed by atoms with Gasteiger partial charge in [-0.2, -0.15) is 5.26 Å². The van der Waals surface area contributed by atoms with Crippen LogP contribution < -0.4 is 4.74 Å². The maximum Gasteiger partial charge on any atom is 0.185 e. The van der Waals surface area contributed by atoms with E-state index in [0.29, 0.717) is 16.9 Å². The van der Waals surface area contributed by atoms with Crippen LogP contribution in [0.15, 0.2) is 39.5 Å². The Morgan fingerprint density at radius 2 is 2.21 bits per heavy atom. The number of nitrogens with zero attached hydrogens (tertiary/aromatic N) is 1. The molecule has 2 aromatic rings. The molecule has 1 aromatic carbocycles. The molecule has 0 aliphatic heterocycles. The van der Waals surface area contributed by atoms with Crippen molar-refractivity contribution >= 4 is 33.0 Å². The summed E-state index contributed by atoms with van der Waals surface area (Å²) in [5.74, 6) is -0.511. The van der Waals surface area contributed by atoms with E-state index in [4.69, 9.17) is 4.74 Å². The third kappa shape index (κ3) is 2.86. The molecule has 0 saturated carbocycles. The number of nitriles is 1. The predicted molar refractivity (Wildman–Crippen MR) is 77.7 cm³/mol. The summed E-state index contributed by atoms with van der Waals surface area (Å²) in [4.78, 5) is 12.4. The summed E-state index contributed by atoms with van der Waals surface area (Å²) in [6, 6.07) is 10.9. The van der Waals surface area contributed by atoms with Gasteiger partial charge >= 0.3 is 0 Å². The number of hydrogen-bond donors (Lipinski definition) is 0. The van der Waals surface area contributed by atoms with Crippen molar-refractivity contribution in [1.29, 1.82) is 5.26 Å². The fourth-order valence-electron chi connectivity index (χ4n) is 1.78. The number of carbonyl (C=O) groups excluding carboxylic acids is 1. The third-order valence-electron chi connectivity index (χ3n) is 2.69. The lowest BCUT2D eigenvalue weighted by Crippen LogP contribution is -2.11. The number of ether oxygens (including phenoxy) is 1. The van der Waals surface area contributed by atoms with Gasteiger partial charge < -0.3 is 4.74 Å². The van der Waals surface area contributed by atoms with Gasteiger partial charge in [0.05, 0.1) is 17.0 Å². The minimum Gasteiger partial charge on any atom is -0.496 e. The highest BCUT2D eigenvalue weighted by molar-refractivity contribution is 9.11. The van der Waals surface area contributed by atoms with Crippen molar-refractivity contribution in [2.45, 2.75) is 5.92 Å². The van der Waals surface area contributed by atoms with Gasteiger partial charge in [0.15, 0.2) is 5.78 Å². The zero-order chi connectivity index (χ0) is 13.8. The zero-order valence-corrected chi connectivity index (χ0v) is 12.5. The second-order valence-electron chi connectivity index (χ2n) is 3.81. The first-order chi connectivity index (χ1) is 9.17. The summed E-state index contributed by atoms with van der Waals surface area (Å²) in [5.41, 5.74) is 1.13. The van der Waals surface area contributed by atoms with E-state index in [2.05, 4.69) is 22.0 Å². The number of ketones is 1. The molecule has 0 bridgehead atoms. The molecule has 1 aromatic heterocycles. The minimum absolute atomic E-state index is 0.214. The monoisotopic (exact) mass is 335 g/mol. The van der Waals surface area contributed by atoms with Crippen molar-refractivity contribution < 1.29 is 9.53 Å². The van der Waals surface area contributed by atoms with Crippen molar-refractivity contribution in [3.05, 3.63) is 50.6 Å². The molecule has 0 radical (unpaired) electrons. The Hall–Kier alpha value is -1.64. The van der Waals surface area contributed by atoms with E-state index in [1.54, 1.807) is 29.6 Å². The molecule has 0 aliphatic carbocycles. The predicted octanol–water partition coefficient (Wildman–Crippen LogP) is 4.01. The number of halogens is 1. The van der Waals surface area contributed by atoms with Crippen LogP contribution in [0.3, 0.4) is 0 Å². The second kappa shape index (κ2) is 6.00. The lowest BCUT2D eigenvalue weighted by atomic mass is 9.92. The number of hydrogen-bond acceptors (Lipinski definition) is 4. The summed E-state index contributed by atoms with van der Waals surface area (Å²) in [6.07, 6.45) is 0. The number of methoxy groups -OCH3 is 1. The highest BCUT2D eigenvalue weighted by Crippen LogP contribution is 2.31. The first-order valence-electron chi connectivity index (χ1n) is 5.48. The van der Waals surface area contributed by atoms with Crippen LogP contribution in [0, 0.1) is 11.3 Å². The highest BCUT2D eigenvalue weighted by atomic mass is 79.9. The van der Waals surface area contributed by atoms with Crippen LogP contribution in [0.2, 0.25) is 0 Å². The van der Waals surface area contributed by atoms with E-state index >= 15 is 0 Å². The van der Waals surface area contributed by atoms with E-state index < -0.39 is 5.92 Å². The quantitative estimate of drug-likeness (QED) is 0.793. The fraction of sp³-hybridized carbons (Fsp3) is 0.143. The first-order valence-corrected chi connectivity index (χ1v) is 7.15. The molecule has 1 heterocycles. The van der Waals surface area contributed by atoms with Crippen LogP contribution in [-0.4, -0.2) is 12.9 Å². The summed E-state index contributed by atoms with van der Waals surface area (Å²) in [6.45, 7) is 0. The maximum absolute atomic E-state index is 12.4. The molecule has 0 amide bonds. The summed E-state index contributed by atoms with van der Waals surface area (Å²) < 4.78 is 6.08. The van der Waals surface area contributed by atoms with E-state index in [1.807, 2.05) is 6.07 Å². The molecule has 0 fully saturated rings. The molecule has 0 spiro atoms. The Morgan fingerprint density at radius 3 is 2.79 bits per heavy atom. The molecule has 5 heteroatoms. The van der Waals surface area contributed by atoms with Crippen LogP contribution in [0.4, 0.5) is 0 Å². The van der Waals surface area contributed by atoms with Crippen LogP contribution in [-0.2, 0) is 0 Å². The average Bonchev–Trinajstić information content (AvgIpc) is 2.86. The Labute approximate surface area is 123 Å². The summed E-state index contributed by atoms with van der Waals surface area (Å²) in [7, 11) is 1.53.